The SMILES string of the molecule is COCC(C)C(O)Cc1nnn(C)n1. The molecule has 2 unspecified atom stereocenters. The molecule has 1 aromatic rings. The van der Waals surface area contributed by atoms with E-state index in [4.69, 9.17) is 4.74 Å². The highest BCUT2D eigenvalue weighted by molar-refractivity contribution is 4.82. The van der Waals surface area contributed by atoms with E-state index in [0.29, 0.717) is 18.9 Å². The standard InChI is InChI=1S/C8H16N4O2/c1-6(5-14-3)7(13)4-8-9-11-12(2)10-8/h6-7,13H,4-5H2,1-3H3. The summed E-state index contributed by atoms with van der Waals surface area (Å²) in [6, 6.07) is 0. The lowest BCUT2D eigenvalue weighted by atomic mass is 10.0. The highest BCUT2D eigenvalue weighted by Crippen LogP contribution is 2.07. The van der Waals surface area contributed by atoms with Crippen molar-refractivity contribution in [2.45, 2.75) is 19.4 Å². The van der Waals surface area contributed by atoms with Crippen molar-refractivity contribution in [2.75, 3.05) is 13.7 Å². The van der Waals surface area contributed by atoms with Gasteiger partial charge in [-0.2, -0.15) is 4.80 Å². The molecule has 1 heterocycles. The van der Waals surface area contributed by atoms with Crippen LogP contribution >= 0.6 is 0 Å². The molecule has 0 aliphatic heterocycles. The molecule has 0 spiro atoms. The van der Waals surface area contributed by atoms with Gasteiger partial charge < -0.3 is 9.84 Å². The van der Waals surface area contributed by atoms with Crippen molar-refractivity contribution >= 4 is 0 Å². The topological polar surface area (TPSA) is 73.1 Å². The normalized spacial score (nSPS) is 15.4. The minimum absolute atomic E-state index is 0.0730. The number of aryl methyl sites for hydroxylation is 1. The van der Waals surface area contributed by atoms with Crippen LogP contribution in [-0.2, 0) is 18.2 Å². The smallest absolute Gasteiger partial charge is 0.177 e. The van der Waals surface area contributed by atoms with Gasteiger partial charge in [-0.15, -0.1) is 10.2 Å². The van der Waals surface area contributed by atoms with Gasteiger partial charge in [0.2, 0.25) is 0 Å². The molecule has 0 aliphatic carbocycles. The number of hydrogen-bond donors (Lipinski definition) is 1. The second kappa shape index (κ2) is 5.02. The summed E-state index contributed by atoms with van der Waals surface area (Å²) in [7, 11) is 3.31. The van der Waals surface area contributed by atoms with Gasteiger partial charge in [-0.25, -0.2) is 0 Å². The summed E-state index contributed by atoms with van der Waals surface area (Å²) in [4.78, 5) is 1.38. The van der Waals surface area contributed by atoms with Crippen molar-refractivity contribution < 1.29 is 9.84 Å². The molecule has 1 N–H and O–H groups in total. The molecule has 0 fully saturated rings. The van der Waals surface area contributed by atoms with E-state index in [1.54, 1.807) is 14.2 Å². The molecule has 0 saturated heterocycles. The summed E-state index contributed by atoms with van der Waals surface area (Å²) in [6.45, 7) is 2.45. The molecule has 1 aromatic heterocycles. The monoisotopic (exact) mass is 200 g/mol. The van der Waals surface area contributed by atoms with Gasteiger partial charge >= 0.3 is 0 Å². The molecule has 14 heavy (non-hydrogen) atoms. The number of tetrazole rings is 1. The van der Waals surface area contributed by atoms with Gasteiger partial charge in [0, 0.05) is 19.4 Å². The molecule has 0 bridgehead atoms. The average molecular weight is 200 g/mol. The maximum absolute atomic E-state index is 9.71. The first-order chi connectivity index (χ1) is 6.63. The van der Waals surface area contributed by atoms with Crippen LogP contribution in [0.5, 0.6) is 0 Å². The van der Waals surface area contributed by atoms with E-state index in [1.165, 1.54) is 4.80 Å². The summed E-state index contributed by atoms with van der Waals surface area (Å²) < 4.78 is 4.95. The third-order valence-electron chi connectivity index (χ3n) is 2.03. The van der Waals surface area contributed by atoms with Gasteiger partial charge in [0.25, 0.3) is 0 Å². The number of aliphatic hydroxyl groups is 1. The Morgan fingerprint density at radius 1 is 1.57 bits per heavy atom. The third-order valence-corrected chi connectivity index (χ3v) is 2.03. The summed E-state index contributed by atoms with van der Waals surface area (Å²) in [5.74, 6) is 0.631. The highest BCUT2D eigenvalue weighted by Gasteiger charge is 2.16. The molecule has 0 saturated carbocycles. The van der Waals surface area contributed by atoms with Crippen molar-refractivity contribution in [2.24, 2.45) is 13.0 Å². The number of aromatic nitrogens is 4. The van der Waals surface area contributed by atoms with E-state index in [9.17, 15) is 5.11 Å². The average Bonchev–Trinajstić information content (AvgIpc) is 2.51. The summed E-state index contributed by atoms with van der Waals surface area (Å²) in [5.41, 5.74) is 0. The number of nitrogens with zero attached hydrogens (tertiary/aromatic N) is 4. The zero-order chi connectivity index (χ0) is 10.6. The number of methoxy groups -OCH3 is 1. The lowest BCUT2D eigenvalue weighted by Gasteiger charge is -2.15. The lowest BCUT2D eigenvalue weighted by molar-refractivity contribution is 0.0562. The minimum atomic E-state index is -0.487. The van der Waals surface area contributed by atoms with E-state index in [0.717, 1.165) is 0 Å². The molecule has 1 rings (SSSR count). The van der Waals surface area contributed by atoms with Gasteiger partial charge in [0.05, 0.1) is 19.8 Å². The zero-order valence-corrected chi connectivity index (χ0v) is 8.71. The van der Waals surface area contributed by atoms with Crippen LogP contribution in [0, 0.1) is 5.92 Å². The van der Waals surface area contributed by atoms with E-state index in [1.807, 2.05) is 6.92 Å². The van der Waals surface area contributed by atoms with Crippen LogP contribution in [0.3, 0.4) is 0 Å². The first-order valence-corrected chi connectivity index (χ1v) is 4.53. The van der Waals surface area contributed by atoms with Gasteiger partial charge in [-0.1, -0.05) is 6.92 Å². The highest BCUT2D eigenvalue weighted by atomic mass is 16.5. The van der Waals surface area contributed by atoms with Crippen LogP contribution in [0.15, 0.2) is 0 Å². The first-order valence-electron chi connectivity index (χ1n) is 4.53. The van der Waals surface area contributed by atoms with Crippen molar-refractivity contribution in [3.63, 3.8) is 0 Å². The summed E-state index contributed by atoms with van der Waals surface area (Å²) in [6.07, 6.45) is -0.0719. The van der Waals surface area contributed by atoms with E-state index >= 15 is 0 Å². The summed E-state index contributed by atoms with van der Waals surface area (Å²) in [5, 5.41) is 21.2. The zero-order valence-electron chi connectivity index (χ0n) is 8.71. The Morgan fingerprint density at radius 3 is 2.79 bits per heavy atom. The Bertz CT molecular complexity index is 276. The van der Waals surface area contributed by atoms with Crippen LogP contribution in [0.4, 0.5) is 0 Å². The Balaban J connectivity index is 2.43. The fourth-order valence-electron chi connectivity index (χ4n) is 1.17. The van der Waals surface area contributed by atoms with E-state index < -0.39 is 6.10 Å². The Hall–Kier alpha value is -1.01. The van der Waals surface area contributed by atoms with Gasteiger partial charge in [0.1, 0.15) is 0 Å². The Kier molecular flexibility index (Phi) is 3.97. The lowest BCUT2D eigenvalue weighted by Crippen LogP contribution is -2.24. The van der Waals surface area contributed by atoms with Crippen LogP contribution < -0.4 is 0 Å². The molecule has 80 valence electrons. The van der Waals surface area contributed by atoms with Crippen molar-refractivity contribution in [1.29, 1.82) is 0 Å². The van der Waals surface area contributed by atoms with Gasteiger partial charge in [-0.3, -0.25) is 0 Å². The largest absolute Gasteiger partial charge is 0.392 e. The van der Waals surface area contributed by atoms with E-state index in [-0.39, 0.29) is 5.92 Å². The van der Waals surface area contributed by atoms with Crippen LogP contribution in [0.1, 0.15) is 12.7 Å². The molecule has 6 nitrogen and oxygen atoms in total. The minimum Gasteiger partial charge on any atom is -0.392 e. The molecule has 0 amide bonds. The molecular formula is C8H16N4O2. The molecule has 0 aromatic carbocycles. The van der Waals surface area contributed by atoms with Crippen LogP contribution in [0.25, 0.3) is 0 Å². The van der Waals surface area contributed by atoms with Crippen LogP contribution in [0.2, 0.25) is 0 Å². The fourth-order valence-corrected chi connectivity index (χ4v) is 1.17. The quantitative estimate of drug-likeness (QED) is 0.686. The third kappa shape index (κ3) is 3.04. The number of aliphatic hydroxyl groups excluding tert-OH is 1. The molecule has 2 atom stereocenters. The Morgan fingerprint density at radius 2 is 2.29 bits per heavy atom. The van der Waals surface area contributed by atoms with Crippen LogP contribution in [-0.4, -0.2) is 45.1 Å². The second-order valence-electron chi connectivity index (χ2n) is 3.40. The number of rotatable bonds is 5. The van der Waals surface area contributed by atoms with Gasteiger partial charge in [-0.05, 0) is 5.21 Å². The maximum Gasteiger partial charge on any atom is 0.177 e. The molecule has 0 aliphatic rings. The number of ether oxygens (including phenoxy) is 1. The van der Waals surface area contributed by atoms with Gasteiger partial charge in [0.15, 0.2) is 5.82 Å². The maximum atomic E-state index is 9.71. The van der Waals surface area contributed by atoms with Crippen molar-refractivity contribution in [3.8, 4) is 0 Å². The predicted octanol–water partition coefficient (Wildman–Crippen LogP) is -0.604. The van der Waals surface area contributed by atoms with Crippen molar-refractivity contribution in [1.82, 2.24) is 20.2 Å². The fraction of sp³-hybridized carbons (Fsp3) is 0.875. The van der Waals surface area contributed by atoms with Crippen molar-refractivity contribution in [3.05, 3.63) is 5.82 Å². The molecule has 0 radical (unpaired) electrons. The summed E-state index contributed by atoms with van der Waals surface area (Å²) >= 11 is 0. The Labute approximate surface area is 82.9 Å². The van der Waals surface area contributed by atoms with E-state index in [2.05, 4.69) is 15.4 Å². The molecule has 6 heteroatoms. The first kappa shape index (κ1) is 11.1. The molecular weight excluding hydrogens is 184 g/mol. The second-order valence-corrected chi connectivity index (χ2v) is 3.40. The number of hydrogen-bond acceptors (Lipinski definition) is 5. The predicted molar refractivity (Wildman–Crippen MR) is 49.5 cm³/mol.